The van der Waals surface area contributed by atoms with Crippen molar-refractivity contribution in [2.24, 2.45) is 5.92 Å². The van der Waals surface area contributed by atoms with Crippen molar-refractivity contribution in [2.75, 3.05) is 39.5 Å². The average molecular weight is 586 g/mol. The second-order valence-electron chi connectivity index (χ2n) is 11.6. The number of ether oxygens (including phenoxy) is 1. The zero-order chi connectivity index (χ0) is 29.9. The van der Waals surface area contributed by atoms with Crippen LogP contribution in [0.15, 0.2) is 42.5 Å². The number of nitrogens with one attached hydrogen (secondary N) is 2. The molecule has 2 fully saturated rings. The number of carbonyl (C=O) groups is 2. The number of nitrogens with zero attached hydrogens (tertiary/aromatic N) is 3. The molecule has 2 saturated heterocycles. The number of hydrogen-bond acceptors (Lipinski definition) is 6. The van der Waals surface area contributed by atoms with E-state index >= 15 is 0 Å². The summed E-state index contributed by atoms with van der Waals surface area (Å²) in [6.45, 7) is 16.5. The predicted molar refractivity (Wildman–Crippen MR) is 157 cm³/mol. The van der Waals surface area contributed by atoms with E-state index in [1.165, 1.54) is 18.2 Å². The van der Waals surface area contributed by atoms with Crippen LogP contribution in [0.25, 0.3) is 5.31 Å². The Morgan fingerprint density at radius 3 is 2.41 bits per heavy atom. The molecule has 8 nitrogen and oxygen atoms in total. The first kappa shape index (κ1) is 30.9. The topological polar surface area (TPSA) is 96.5 Å². The molecule has 2 N–H and O–H groups in total. The van der Waals surface area contributed by atoms with Crippen LogP contribution in [0.3, 0.4) is 0 Å². The van der Waals surface area contributed by atoms with E-state index in [0.29, 0.717) is 43.4 Å². The van der Waals surface area contributed by atoms with Crippen molar-refractivity contribution in [3.63, 3.8) is 0 Å². The highest BCUT2D eigenvalue weighted by Crippen LogP contribution is 2.34. The Morgan fingerprint density at radius 2 is 1.85 bits per heavy atom. The van der Waals surface area contributed by atoms with Crippen LogP contribution >= 0.6 is 8.58 Å². The fraction of sp³-hybridized carbons (Fsp3) is 0.467. The lowest BCUT2D eigenvalue weighted by Gasteiger charge is -2.52. The van der Waals surface area contributed by atoms with Crippen molar-refractivity contribution in [1.29, 1.82) is 0 Å². The lowest BCUT2D eigenvalue weighted by atomic mass is 9.84. The Labute approximate surface area is 241 Å². The van der Waals surface area contributed by atoms with Gasteiger partial charge in [0.2, 0.25) is 5.91 Å². The van der Waals surface area contributed by atoms with Gasteiger partial charge in [-0.25, -0.2) is 18.7 Å². The zero-order valence-electron chi connectivity index (χ0n) is 24.2. The second kappa shape index (κ2) is 12.4. The van der Waals surface area contributed by atoms with Gasteiger partial charge in [-0.3, -0.25) is 14.5 Å². The molecule has 220 valence electrons. The van der Waals surface area contributed by atoms with Crippen LogP contribution in [0, 0.1) is 31.4 Å². The summed E-state index contributed by atoms with van der Waals surface area (Å²) in [5.41, 5.74) is 0.349. The number of rotatable bonds is 11. The lowest BCUT2D eigenvalue weighted by Crippen LogP contribution is -2.72. The predicted octanol–water partition coefficient (Wildman–Crippen LogP) is 3.84. The number of hydrogen-bond donors (Lipinski definition) is 2. The standard InChI is InChI=1S/C30H38F2N5O3P/c1-18(9-25(41-6)23-8-7-22(31)11-24(23)32)27(39)36-30(16-37(17-30)13-21-14-40-15-21)12-26(38)35-29(4,5)28-33-19(2)10-20(3)34-28/h7-11,21,41H,1,12-17H2,2-6H3,(H,35,38)(H,36,39)/b25-9-. The summed E-state index contributed by atoms with van der Waals surface area (Å²) in [5.74, 6) is -1.10. The number of aromatic nitrogens is 2. The summed E-state index contributed by atoms with van der Waals surface area (Å²) in [4.78, 5) is 37.9. The van der Waals surface area contributed by atoms with E-state index < -0.39 is 28.6 Å². The van der Waals surface area contributed by atoms with Crippen molar-refractivity contribution >= 4 is 25.7 Å². The molecule has 2 aliphatic rings. The van der Waals surface area contributed by atoms with Gasteiger partial charge >= 0.3 is 0 Å². The van der Waals surface area contributed by atoms with E-state index in [1.54, 1.807) is 0 Å². The minimum atomic E-state index is -0.825. The third-order valence-corrected chi connectivity index (χ3v) is 8.20. The average Bonchev–Trinajstić information content (AvgIpc) is 2.82. The van der Waals surface area contributed by atoms with Crippen molar-refractivity contribution in [3.8, 4) is 0 Å². The molecule has 2 aromatic rings. The second-order valence-corrected chi connectivity index (χ2v) is 12.6. The Hall–Kier alpha value is -3.07. The van der Waals surface area contributed by atoms with E-state index in [9.17, 15) is 18.4 Å². The van der Waals surface area contributed by atoms with Crippen LogP contribution in [-0.4, -0.2) is 71.7 Å². The molecule has 41 heavy (non-hydrogen) atoms. The molecule has 0 spiro atoms. The minimum Gasteiger partial charge on any atom is -0.381 e. The van der Waals surface area contributed by atoms with Crippen LogP contribution in [0.1, 0.15) is 43.0 Å². The zero-order valence-corrected chi connectivity index (χ0v) is 25.2. The molecular formula is C30H38F2N5O3P. The summed E-state index contributed by atoms with van der Waals surface area (Å²) in [6.07, 6.45) is 1.58. The van der Waals surface area contributed by atoms with Gasteiger partial charge in [0.15, 0.2) is 5.82 Å². The Bertz CT molecular complexity index is 1350. The fourth-order valence-electron chi connectivity index (χ4n) is 5.24. The van der Waals surface area contributed by atoms with E-state index in [-0.39, 0.29) is 32.0 Å². The number of likely N-dealkylation sites (tertiary alicyclic amines) is 1. The SMILES string of the molecule is C=C(/C=C(\PC)c1ccc(F)cc1F)C(=O)NC1(CC(=O)NC(C)(C)c2nc(C)cc(C)n2)CN(CC2COC2)C1. The number of halogens is 2. The van der Waals surface area contributed by atoms with Gasteiger partial charge in [-0.05, 0) is 63.9 Å². The minimum absolute atomic E-state index is 0.0522. The van der Waals surface area contributed by atoms with Gasteiger partial charge in [0, 0.05) is 54.1 Å². The smallest absolute Gasteiger partial charge is 0.251 e. The highest BCUT2D eigenvalue weighted by Gasteiger charge is 2.47. The molecule has 1 aromatic heterocycles. The quantitative estimate of drug-likeness (QED) is 0.237. The Balaban J connectivity index is 1.48. The first-order chi connectivity index (χ1) is 19.3. The number of aryl methyl sites for hydroxylation is 2. The van der Waals surface area contributed by atoms with Gasteiger partial charge in [0.25, 0.3) is 5.91 Å². The molecule has 1 unspecified atom stereocenters. The van der Waals surface area contributed by atoms with Gasteiger partial charge in [-0.1, -0.05) is 15.2 Å². The van der Waals surface area contributed by atoms with Gasteiger partial charge in [-0.2, -0.15) is 0 Å². The summed E-state index contributed by atoms with van der Waals surface area (Å²) >= 11 is 0. The Kier molecular flexibility index (Phi) is 9.36. The Morgan fingerprint density at radius 1 is 1.20 bits per heavy atom. The monoisotopic (exact) mass is 585 g/mol. The number of amides is 2. The molecule has 1 aromatic carbocycles. The molecule has 0 radical (unpaired) electrons. The van der Waals surface area contributed by atoms with Gasteiger partial charge in [0.05, 0.1) is 30.7 Å². The van der Waals surface area contributed by atoms with Crippen molar-refractivity contribution in [1.82, 2.24) is 25.5 Å². The summed E-state index contributed by atoms with van der Waals surface area (Å²) in [6, 6.07) is 5.24. The first-order valence-corrected chi connectivity index (χ1v) is 15.1. The maximum Gasteiger partial charge on any atom is 0.251 e. The molecule has 3 heterocycles. The summed E-state index contributed by atoms with van der Waals surface area (Å²) in [5, 5.41) is 6.64. The number of carbonyl (C=O) groups excluding carboxylic acids is 2. The molecule has 11 heteroatoms. The van der Waals surface area contributed by atoms with Gasteiger partial charge in [0.1, 0.15) is 11.6 Å². The number of benzene rings is 1. The molecule has 2 amide bonds. The van der Waals surface area contributed by atoms with Crippen LogP contribution in [-0.2, 0) is 19.9 Å². The summed E-state index contributed by atoms with van der Waals surface area (Å²) < 4.78 is 33.1. The van der Waals surface area contributed by atoms with Crippen molar-refractivity contribution in [2.45, 2.75) is 45.2 Å². The third-order valence-electron chi connectivity index (χ3n) is 7.25. The molecule has 0 bridgehead atoms. The van der Waals surface area contributed by atoms with Crippen LogP contribution in [0.4, 0.5) is 8.78 Å². The van der Waals surface area contributed by atoms with Crippen LogP contribution < -0.4 is 10.6 Å². The maximum atomic E-state index is 14.4. The molecular weight excluding hydrogens is 547 g/mol. The fourth-order valence-corrected chi connectivity index (χ4v) is 6.03. The van der Waals surface area contributed by atoms with Crippen LogP contribution in [0.5, 0.6) is 0 Å². The third kappa shape index (κ3) is 7.61. The molecule has 4 rings (SSSR count). The normalized spacial score (nSPS) is 17.7. The summed E-state index contributed by atoms with van der Waals surface area (Å²) in [7, 11) is 0.142. The van der Waals surface area contributed by atoms with Crippen molar-refractivity contribution in [3.05, 3.63) is 76.9 Å². The largest absolute Gasteiger partial charge is 0.381 e. The van der Waals surface area contributed by atoms with Gasteiger partial charge in [-0.15, -0.1) is 0 Å². The van der Waals surface area contributed by atoms with Crippen molar-refractivity contribution < 1.29 is 23.1 Å². The van der Waals surface area contributed by atoms with E-state index in [1.807, 2.05) is 40.4 Å². The van der Waals surface area contributed by atoms with E-state index in [4.69, 9.17) is 4.74 Å². The van der Waals surface area contributed by atoms with Gasteiger partial charge < -0.3 is 15.4 Å². The molecule has 0 saturated carbocycles. The first-order valence-electron chi connectivity index (χ1n) is 13.6. The van der Waals surface area contributed by atoms with E-state index in [0.717, 1.165) is 24.0 Å². The highest BCUT2D eigenvalue weighted by atomic mass is 31.1. The maximum absolute atomic E-state index is 14.4. The molecule has 0 aliphatic carbocycles. The van der Waals surface area contributed by atoms with Crippen LogP contribution in [0.2, 0.25) is 0 Å². The lowest BCUT2D eigenvalue weighted by molar-refractivity contribution is -0.131. The molecule has 2 aliphatic heterocycles. The highest BCUT2D eigenvalue weighted by molar-refractivity contribution is 7.49. The van der Waals surface area contributed by atoms with E-state index in [2.05, 4.69) is 32.1 Å². The molecule has 1 atom stereocenters.